The summed E-state index contributed by atoms with van der Waals surface area (Å²) in [6.07, 6.45) is 11.7. The monoisotopic (exact) mass is 1040 g/mol. The number of carbonyl (C=O) groups is 5. The Kier molecular flexibility index (Phi) is 12.4. The number of rotatable bonds is 11. The molecule has 1 aromatic heterocycles. The summed E-state index contributed by atoms with van der Waals surface area (Å²) in [5.41, 5.74) is 0.379. The van der Waals surface area contributed by atoms with E-state index in [2.05, 4.69) is 34.1 Å². The van der Waals surface area contributed by atoms with E-state index < -0.39 is 90.9 Å². The van der Waals surface area contributed by atoms with Gasteiger partial charge in [0.15, 0.2) is 0 Å². The first kappa shape index (κ1) is 46.6. The maximum absolute atomic E-state index is 15.1. The van der Waals surface area contributed by atoms with Crippen molar-refractivity contribution >= 4 is 50.6 Å². The molecule has 3 saturated heterocycles. The van der Waals surface area contributed by atoms with Crippen LogP contribution in [0.1, 0.15) is 104 Å². The Labute approximate surface area is 397 Å². The zero-order chi connectivity index (χ0) is 46.8. The van der Waals surface area contributed by atoms with Crippen LogP contribution in [0.5, 0.6) is 11.6 Å². The number of aromatic nitrogens is 1. The summed E-state index contributed by atoms with van der Waals surface area (Å²) >= 11 is -1.10. The number of halogens is 1. The Hall–Kier alpha value is -4.46. The molecule has 4 aliphatic heterocycles. The summed E-state index contributed by atoms with van der Waals surface area (Å²) in [4.78, 5) is 78.3. The van der Waals surface area contributed by atoms with Crippen LogP contribution in [0.25, 0.3) is 10.9 Å². The standard InChI is InChI=1S/C48H62IN6O10S/c1-6-35-48(49-35,43(59)53-66(61,62)46(5)21-22-46)52-40(57)34-26-30-28-55(34)42(58)39(45(2,3)4)51-44(60)65-36-18-11-20-47(36)27-29(47)14-7-8-16-32-38(63-25-13-24-54-23-12-19-37(54)56)31-15-9-10-17-33(31)50-41(32)64-30/h6-10,15,17,29-30,34-36,39H,1,11-14,16,18-28H2,2-5H3,(H,51,60)(H,52,57)(H,53,59)/q-1/b8-7+/t29?,30-,34+,35+,36-,39-,47?,48-/m1/s1. The van der Waals surface area contributed by atoms with Gasteiger partial charge in [-0.2, -0.15) is 0 Å². The molecule has 66 heavy (non-hydrogen) atoms. The van der Waals surface area contributed by atoms with E-state index >= 15 is 4.79 Å². The number of likely N-dealkylation sites (tertiary alicyclic amines) is 1. The van der Waals surface area contributed by atoms with Crippen LogP contribution >= 0.6 is 0 Å². The van der Waals surface area contributed by atoms with E-state index in [9.17, 15) is 27.6 Å². The number of para-hydroxylation sites is 1. The van der Waals surface area contributed by atoms with Crippen molar-refractivity contribution in [1.82, 2.24) is 30.1 Å². The van der Waals surface area contributed by atoms with Gasteiger partial charge in [0, 0.05) is 19.5 Å². The number of carbonyl (C=O) groups excluding carboxylic acids is 5. The van der Waals surface area contributed by atoms with Crippen LogP contribution in [0.15, 0.2) is 49.1 Å². The van der Waals surface area contributed by atoms with Gasteiger partial charge in [-0.25, -0.2) is 0 Å². The van der Waals surface area contributed by atoms with Crippen molar-refractivity contribution in [3.8, 4) is 11.6 Å². The van der Waals surface area contributed by atoms with Gasteiger partial charge in [-0.1, -0.05) is 6.07 Å². The number of alkyl carbamates (subject to hydrolysis) is 1. The number of benzene rings is 1. The summed E-state index contributed by atoms with van der Waals surface area (Å²) < 4.78 is 45.4. The molecular weight excluding hydrogens is 980 g/mol. The van der Waals surface area contributed by atoms with E-state index in [1.807, 2.05) is 49.9 Å². The summed E-state index contributed by atoms with van der Waals surface area (Å²) in [6, 6.07) is 5.36. The first-order valence-corrected chi connectivity index (χ1v) is 27.3. The summed E-state index contributed by atoms with van der Waals surface area (Å²) in [7, 11) is -4.02. The number of hydrogen-bond acceptors (Lipinski definition) is 11. The topological polar surface area (TPSA) is 203 Å². The molecule has 2 unspecified atom stereocenters. The molecule has 9 rings (SSSR count). The first-order chi connectivity index (χ1) is 31.4. The molecule has 2 aromatic rings. The second kappa shape index (κ2) is 17.6. The molecule has 0 radical (unpaired) electrons. The number of fused-ring (bicyclic) bond motifs is 4. The van der Waals surface area contributed by atoms with Gasteiger partial charge in [0.25, 0.3) is 0 Å². The number of sulfonamides is 1. The minimum absolute atomic E-state index is 0.000140. The molecule has 3 N–H and O–H groups in total. The van der Waals surface area contributed by atoms with Crippen LogP contribution in [-0.4, -0.2) is 116 Å². The van der Waals surface area contributed by atoms with Crippen molar-refractivity contribution in [2.45, 2.75) is 141 Å². The minimum atomic E-state index is -4.02. The van der Waals surface area contributed by atoms with E-state index in [0.29, 0.717) is 73.9 Å². The number of alkyl halides is 2. The summed E-state index contributed by atoms with van der Waals surface area (Å²) in [5, 5.41) is 6.62. The van der Waals surface area contributed by atoms with Gasteiger partial charge in [-0.05, 0) is 44.4 Å². The van der Waals surface area contributed by atoms with Crippen LogP contribution in [0.3, 0.4) is 0 Å². The molecular formula is C48H62IN6O10S-. The van der Waals surface area contributed by atoms with E-state index in [4.69, 9.17) is 19.2 Å². The molecule has 3 aliphatic carbocycles. The average Bonchev–Trinajstić information content (AvgIpc) is 4.19. The Morgan fingerprint density at radius 3 is 2.61 bits per heavy atom. The van der Waals surface area contributed by atoms with Gasteiger partial charge in [0.1, 0.15) is 0 Å². The number of hydrogen-bond donors (Lipinski definition) is 3. The van der Waals surface area contributed by atoms with Crippen LogP contribution < -0.4 is 46.0 Å². The van der Waals surface area contributed by atoms with Gasteiger partial charge >= 0.3 is 313 Å². The molecule has 16 nitrogen and oxygen atoms in total. The molecule has 358 valence electrons. The molecule has 18 heteroatoms. The van der Waals surface area contributed by atoms with Crippen molar-refractivity contribution in [3.05, 3.63) is 54.6 Å². The molecule has 5 amide bonds. The zero-order valence-corrected chi connectivity index (χ0v) is 41.2. The quantitative estimate of drug-likeness (QED) is 0.0972. The third kappa shape index (κ3) is 8.89. The number of amides is 5. The van der Waals surface area contributed by atoms with Crippen LogP contribution in [0, 0.1) is 16.7 Å². The number of allylic oxidation sites excluding steroid dienone is 2. The van der Waals surface area contributed by atoms with Crippen molar-refractivity contribution in [1.29, 1.82) is 0 Å². The first-order valence-electron chi connectivity index (χ1n) is 23.5. The molecule has 1 spiro atoms. The van der Waals surface area contributed by atoms with Crippen LogP contribution in [-0.2, 0) is 40.4 Å². The van der Waals surface area contributed by atoms with E-state index in [1.54, 1.807) is 13.0 Å². The fourth-order valence-electron chi connectivity index (χ4n) is 10.5. The number of nitrogens with zero attached hydrogens (tertiary/aromatic N) is 3. The van der Waals surface area contributed by atoms with Gasteiger partial charge < -0.3 is 4.90 Å². The maximum atomic E-state index is 15.1. The number of nitrogens with one attached hydrogen (secondary N) is 3. The number of ether oxygens (including phenoxy) is 3. The predicted molar refractivity (Wildman–Crippen MR) is 240 cm³/mol. The van der Waals surface area contributed by atoms with Crippen LogP contribution in [0.4, 0.5) is 4.79 Å². The average molecular weight is 1040 g/mol. The SMILES string of the molecule is C=C[C@@H]1[I-][C@]1(NC(=O)[C@@H]1C[C@@H]2CN1C(=O)[C@H](C(C)(C)C)NC(=O)O[C@@H]1CCCC13CC3C/C=C/Cc1c(nc3ccccc3c1OCCCN1CCCC1=O)O2)C(=O)NS(=O)(=O)C1(C)CC1. The van der Waals surface area contributed by atoms with Gasteiger partial charge in [0.05, 0.1) is 0 Å². The van der Waals surface area contributed by atoms with Gasteiger partial charge in [0.2, 0.25) is 5.91 Å². The normalized spacial score (nSPS) is 32.2. The molecule has 6 fully saturated rings. The fraction of sp³-hybridized carbons (Fsp3) is 0.625. The molecule has 1 aromatic carbocycles. The summed E-state index contributed by atoms with van der Waals surface area (Å²) in [5.74, 6) is -0.578. The second-order valence-electron chi connectivity index (χ2n) is 20.5. The molecule has 8 atom stereocenters. The van der Waals surface area contributed by atoms with E-state index in [0.717, 1.165) is 50.5 Å². The van der Waals surface area contributed by atoms with Gasteiger partial charge in [-0.15, -0.1) is 0 Å². The van der Waals surface area contributed by atoms with E-state index in [1.165, 1.54) is 4.90 Å². The summed E-state index contributed by atoms with van der Waals surface area (Å²) in [6.45, 7) is 12.6. The predicted octanol–water partition coefficient (Wildman–Crippen LogP) is 1.64. The molecule has 5 heterocycles. The fourth-order valence-corrected chi connectivity index (χ4v) is 14.6. The van der Waals surface area contributed by atoms with Crippen LogP contribution in [0.2, 0.25) is 0 Å². The molecule has 3 saturated carbocycles. The molecule has 7 aliphatic rings. The van der Waals surface area contributed by atoms with Crippen molar-refractivity contribution in [3.63, 3.8) is 0 Å². The third-order valence-corrected chi connectivity index (χ3v) is 20.9. The van der Waals surface area contributed by atoms with Crippen molar-refractivity contribution in [2.75, 3.05) is 26.2 Å². The Bertz CT molecular complexity index is 2470. The Morgan fingerprint density at radius 1 is 1.11 bits per heavy atom. The third-order valence-electron chi connectivity index (χ3n) is 14.9. The second-order valence-corrected chi connectivity index (χ2v) is 26.4. The van der Waals surface area contributed by atoms with Crippen molar-refractivity contribution in [2.24, 2.45) is 16.7 Å². The van der Waals surface area contributed by atoms with Gasteiger partial charge in [-0.3, -0.25) is 4.79 Å². The number of pyridine rings is 1. The van der Waals surface area contributed by atoms with E-state index in [-0.39, 0.29) is 30.4 Å². The van der Waals surface area contributed by atoms with Crippen molar-refractivity contribution < 1.29 is 67.8 Å². The Balaban J connectivity index is 1.06. The Morgan fingerprint density at radius 2 is 1.89 bits per heavy atom. The zero-order valence-electron chi connectivity index (χ0n) is 38.2. The molecule has 2 bridgehead atoms.